The van der Waals surface area contributed by atoms with Crippen molar-refractivity contribution in [3.63, 3.8) is 0 Å². The van der Waals surface area contributed by atoms with Crippen LogP contribution in [0.1, 0.15) is 32.1 Å². The van der Waals surface area contributed by atoms with E-state index in [-0.39, 0.29) is 18.2 Å². The van der Waals surface area contributed by atoms with E-state index in [1.807, 2.05) is 0 Å². The van der Waals surface area contributed by atoms with Gasteiger partial charge in [0.25, 0.3) is 0 Å². The quantitative estimate of drug-likeness (QED) is 0.509. The van der Waals surface area contributed by atoms with Gasteiger partial charge in [0.2, 0.25) is 0 Å². The number of ether oxygens (including phenoxy) is 1. The molecule has 2 rings (SSSR count). The molecule has 0 bridgehead atoms. The van der Waals surface area contributed by atoms with Crippen LogP contribution in [0.5, 0.6) is 5.75 Å². The van der Waals surface area contributed by atoms with Crippen molar-refractivity contribution in [1.29, 1.82) is 5.41 Å². The van der Waals surface area contributed by atoms with Gasteiger partial charge in [-0.1, -0.05) is 0 Å². The van der Waals surface area contributed by atoms with Crippen molar-refractivity contribution in [2.45, 2.75) is 32.1 Å². The molecule has 0 radical (unpaired) electrons. The van der Waals surface area contributed by atoms with Crippen molar-refractivity contribution in [3.8, 4) is 5.75 Å². The minimum Gasteiger partial charge on any atom is -0.494 e. The number of hydrogen-bond donors (Lipinski definition) is 1. The van der Waals surface area contributed by atoms with Crippen LogP contribution in [-0.2, 0) is 0 Å². The fourth-order valence-corrected chi connectivity index (χ4v) is 2.28. The molecule has 112 valence electrons. The molecule has 1 fully saturated rings. The second-order valence-electron chi connectivity index (χ2n) is 4.90. The molecular weight excluding hydrogens is 279 g/mol. The molecule has 0 saturated carbocycles. The first kappa shape index (κ1) is 16.8. The summed E-state index contributed by atoms with van der Waals surface area (Å²) in [5.74, 6) is 1.16. The molecule has 20 heavy (non-hydrogen) atoms. The molecule has 1 aromatic rings. The summed E-state index contributed by atoms with van der Waals surface area (Å²) in [6, 6.07) is 6.05. The van der Waals surface area contributed by atoms with E-state index in [0.29, 0.717) is 12.4 Å². The number of benzene rings is 1. The van der Waals surface area contributed by atoms with E-state index in [4.69, 9.17) is 10.1 Å². The maximum absolute atomic E-state index is 12.7. The van der Waals surface area contributed by atoms with Gasteiger partial charge in [-0.25, -0.2) is 4.39 Å². The fraction of sp³-hybridized carbons (Fsp3) is 0.533. The largest absolute Gasteiger partial charge is 0.494 e. The Hall–Kier alpha value is -1.29. The number of hydrogen-bond acceptors (Lipinski definition) is 2. The minimum absolute atomic E-state index is 0. The molecule has 0 aromatic heterocycles. The van der Waals surface area contributed by atoms with Gasteiger partial charge in [-0.05, 0) is 49.9 Å². The van der Waals surface area contributed by atoms with Gasteiger partial charge in [0.05, 0.1) is 12.4 Å². The van der Waals surface area contributed by atoms with Crippen LogP contribution in [0.2, 0.25) is 0 Å². The highest BCUT2D eigenvalue weighted by molar-refractivity contribution is 5.85. The van der Waals surface area contributed by atoms with Crippen LogP contribution in [0, 0.1) is 11.2 Å². The summed E-state index contributed by atoms with van der Waals surface area (Å²) in [5.41, 5.74) is 0. The van der Waals surface area contributed by atoms with Crippen molar-refractivity contribution >= 4 is 18.2 Å². The first-order chi connectivity index (χ1) is 9.25. The van der Waals surface area contributed by atoms with E-state index < -0.39 is 0 Å². The van der Waals surface area contributed by atoms with E-state index in [0.717, 1.165) is 31.8 Å². The summed E-state index contributed by atoms with van der Waals surface area (Å²) < 4.78 is 18.2. The molecule has 0 atom stereocenters. The Labute approximate surface area is 126 Å². The lowest BCUT2D eigenvalue weighted by Crippen LogP contribution is -2.35. The van der Waals surface area contributed by atoms with Gasteiger partial charge in [-0.15, -0.1) is 12.4 Å². The summed E-state index contributed by atoms with van der Waals surface area (Å²) in [6.45, 7) is 2.62. The Bertz CT molecular complexity index is 405. The van der Waals surface area contributed by atoms with Gasteiger partial charge in [0.1, 0.15) is 11.6 Å². The summed E-state index contributed by atoms with van der Waals surface area (Å²) in [4.78, 5) is 2.17. The van der Waals surface area contributed by atoms with E-state index in [9.17, 15) is 4.39 Å². The molecular formula is C15H22ClFN2O. The van der Waals surface area contributed by atoms with E-state index in [1.54, 1.807) is 12.1 Å². The Balaban J connectivity index is 0.00000200. The van der Waals surface area contributed by atoms with Crippen molar-refractivity contribution in [2.75, 3.05) is 19.7 Å². The lowest BCUT2D eigenvalue weighted by Gasteiger charge is -2.29. The van der Waals surface area contributed by atoms with Gasteiger partial charge >= 0.3 is 0 Å². The predicted octanol–water partition coefficient (Wildman–Crippen LogP) is 3.87. The molecule has 3 nitrogen and oxygen atoms in total. The van der Waals surface area contributed by atoms with Crippen LogP contribution in [0.4, 0.5) is 4.39 Å². The number of nitrogens with one attached hydrogen (secondary N) is 1. The maximum atomic E-state index is 12.7. The first-order valence-electron chi connectivity index (χ1n) is 6.96. The van der Waals surface area contributed by atoms with Crippen LogP contribution >= 0.6 is 12.4 Å². The number of amidine groups is 1. The lowest BCUT2D eigenvalue weighted by atomic mass is 10.1. The standard InChI is InChI=1S/C15H21FN2O.ClH/c16-13-6-8-14(9-7-13)19-12-4-5-15(17)18-10-2-1-3-11-18;/h6-9,17H,1-5,10-12H2;1H. The third-order valence-electron chi connectivity index (χ3n) is 3.38. The molecule has 1 aliphatic heterocycles. The monoisotopic (exact) mass is 300 g/mol. The molecule has 1 saturated heterocycles. The van der Waals surface area contributed by atoms with Crippen LogP contribution in [-0.4, -0.2) is 30.4 Å². The van der Waals surface area contributed by atoms with Crippen molar-refractivity contribution in [3.05, 3.63) is 30.1 Å². The Kier molecular flexibility index (Phi) is 7.37. The summed E-state index contributed by atoms with van der Waals surface area (Å²) >= 11 is 0. The minimum atomic E-state index is -0.251. The molecule has 1 aromatic carbocycles. The number of halogens is 2. The van der Waals surface area contributed by atoms with Crippen molar-refractivity contribution < 1.29 is 9.13 Å². The van der Waals surface area contributed by atoms with Gasteiger partial charge < -0.3 is 9.64 Å². The average molecular weight is 301 g/mol. The van der Waals surface area contributed by atoms with Crippen molar-refractivity contribution in [2.24, 2.45) is 0 Å². The zero-order chi connectivity index (χ0) is 13.5. The fourth-order valence-electron chi connectivity index (χ4n) is 2.28. The SMILES string of the molecule is Cl.N=C(CCCOc1ccc(F)cc1)N1CCCCC1. The first-order valence-corrected chi connectivity index (χ1v) is 6.96. The van der Waals surface area contributed by atoms with Gasteiger partial charge in [0, 0.05) is 19.5 Å². The summed E-state index contributed by atoms with van der Waals surface area (Å²) in [7, 11) is 0. The summed E-state index contributed by atoms with van der Waals surface area (Å²) in [6.07, 6.45) is 5.27. The van der Waals surface area contributed by atoms with E-state index >= 15 is 0 Å². The number of likely N-dealkylation sites (tertiary alicyclic amines) is 1. The number of rotatable bonds is 5. The van der Waals surface area contributed by atoms with Crippen LogP contribution in [0.3, 0.4) is 0 Å². The Morgan fingerprint density at radius 2 is 1.80 bits per heavy atom. The highest BCUT2D eigenvalue weighted by Crippen LogP contribution is 2.13. The van der Waals surface area contributed by atoms with Crippen molar-refractivity contribution in [1.82, 2.24) is 4.90 Å². The molecule has 1 N–H and O–H groups in total. The topological polar surface area (TPSA) is 36.3 Å². The second kappa shape index (κ2) is 8.80. The third kappa shape index (κ3) is 5.37. The molecule has 5 heteroatoms. The maximum Gasteiger partial charge on any atom is 0.123 e. The van der Waals surface area contributed by atoms with E-state index in [2.05, 4.69) is 4.90 Å². The Morgan fingerprint density at radius 1 is 1.15 bits per heavy atom. The van der Waals surface area contributed by atoms with Gasteiger partial charge in [-0.2, -0.15) is 0 Å². The van der Waals surface area contributed by atoms with Crippen LogP contribution in [0.25, 0.3) is 0 Å². The zero-order valence-corrected chi connectivity index (χ0v) is 12.4. The predicted molar refractivity (Wildman–Crippen MR) is 81.5 cm³/mol. The summed E-state index contributed by atoms with van der Waals surface area (Å²) in [5, 5.41) is 8.02. The molecule has 1 heterocycles. The lowest BCUT2D eigenvalue weighted by molar-refractivity contribution is 0.302. The molecule has 0 spiro atoms. The van der Waals surface area contributed by atoms with Gasteiger partial charge in [0.15, 0.2) is 0 Å². The van der Waals surface area contributed by atoms with Crippen LogP contribution < -0.4 is 4.74 Å². The zero-order valence-electron chi connectivity index (χ0n) is 11.6. The molecule has 0 amide bonds. The van der Waals surface area contributed by atoms with E-state index in [1.165, 1.54) is 31.4 Å². The highest BCUT2D eigenvalue weighted by Gasteiger charge is 2.12. The second-order valence-corrected chi connectivity index (χ2v) is 4.90. The molecule has 1 aliphatic rings. The Morgan fingerprint density at radius 3 is 2.45 bits per heavy atom. The highest BCUT2D eigenvalue weighted by atomic mass is 35.5. The third-order valence-corrected chi connectivity index (χ3v) is 3.38. The average Bonchev–Trinajstić information content (AvgIpc) is 2.46. The molecule has 0 unspecified atom stereocenters. The normalized spacial score (nSPS) is 14.6. The van der Waals surface area contributed by atoms with Gasteiger partial charge in [-0.3, -0.25) is 5.41 Å². The number of piperidine rings is 1. The van der Waals surface area contributed by atoms with Crippen LogP contribution in [0.15, 0.2) is 24.3 Å². The smallest absolute Gasteiger partial charge is 0.123 e. The molecule has 0 aliphatic carbocycles. The number of nitrogens with zero attached hydrogens (tertiary/aromatic N) is 1.